The van der Waals surface area contributed by atoms with Crippen molar-refractivity contribution in [1.82, 2.24) is 19.9 Å². The first kappa shape index (κ1) is 29.9. The van der Waals surface area contributed by atoms with Gasteiger partial charge in [0.1, 0.15) is 28.2 Å². The molecule has 1 aliphatic rings. The number of fused-ring (bicyclic) bond motifs is 1. The van der Waals surface area contributed by atoms with Gasteiger partial charge in [0, 0.05) is 12.8 Å². The van der Waals surface area contributed by atoms with Gasteiger partial charge in [0.05, 0.1) is 39.8 Å². The van der Waals surface area contributed by atoms with Gasteiger partial charge in [-0.2, -0.15) is 4.98 Å². The van der Waals surface area contributed by atoms with E-state index in [4.69, 9.17) is 9.97 Å². The lowest BCUT2D eigenvalue weighted by atomic mass is 10.0. The maximum Gasteiger partial charge on any atom is 0.573 e. The van der Waals surface area contributed by atoms with Crippen molar-refractivity contribution in [3.63, 3.8) is 0 Å². The molecule has 3 aromatic heterocycles. The van der Waals surface area contributed by atoms with E-state index >= 15 is 0 Å². The molecule has 5 atom stereocenters. The van der Waals surface area contributed by atoms with E-state index in [0.717, 1.165) is 15.9 Å². The highest BCUT2D eigenvalue weighted by molar-refractivity contribution is 7.21. The molecule has 0 aliphatic heterocycles. The largest absolute Gasteiger partial charge is 0.573 e. The Labute approximate surface area is 243 Å². The molecule has 0 bridgehead atoms. The number of halogens is 3. The summed E-state index contributed by atoms with van der Waals surface area (Å²) in [6.45, 7) is 5.40. The average Bonchev–Trinajstić information content (AvgIpc) is 3.46. The number of alkyl halides is 3. The predicted octanol–water partition coefficient (Wildman–Crippen LogP) is 4.74. The van der Waals surface area contributed by atoms with Crippen molar-refractivity contribution in [2.24, 2.45) is 5.92 Å². The van der Waals surface area contributed by atoms with Gasteiger partial charge in [-0.1, -0.05) is 12.1 Å². The number of aryl methyl sites for hydroxylation is 2. The van der Waals surface area contributed by atoms with Gasteiger partial charge in [-0.15, -0.1) is 24.5 Å². The zero-order valence-electron chi connectivity index (χ0n) is 23.1. The van der Waals surface area contributed by atoms with E-state index in [-0.39, 0.29) is 30.3 Å². The molecule has 1 aliphatic carbocycles. The number of nitrogens with zero attached hydrogens (tertiary/aromatic N) is 4. The minimum atomic E-state index is -4.78. The molecular formula is C28H31F3N6O4S. The molecule has 0 saturated heterocycles. The SMILES string of the molecule is Cc1nc(N[C@H](C)c2ccc(OC(F)(F)F)cc2)nc(N[C@@H]2C[C@H](CCO)[C@@H](O)[C@H]2O)c1-c1nc2c(C)nccc2s1. The average molecular weight is 605 g/mol. The maximum atomic E-state index is 12.5. The molecule has 4 aromatic rings. The summed E-state index contributed by atoms with van der Waals surface area (Å²) in [6, 6.07) is 6.47. The molecule has 0 unspecified atom stereocenters. The lowest BCUT2D eigenvalue weighted by Gasteiger charge is -2.22. The lowest BCUT2D eigenvalue weighted by molar-refractivity contribution is -0.274. The van der Waals surface area contributed by atoms with E-state index in [0.29, 0.717) is 40.5 Å². The summed E-state index contributed by atoms with van der Waals surface area (Å²) < 4.78 is 42.5. The van der Waals surface area contributed by atoms with Crippen LogP contribution in [0.2, 0.25) is 0 Å². The Morgan fingerprint density at radius 3 is 2.45 bits per heavy atom. The molecule has 1 fully saturated rings. The number of ether oxygens (including phenoxy) is 1. The monoisotopic (exact) mass is 604 g/mol. The van der Waals surface area contributed by atoms with Gasteiger partial charge in [0.15, 0.2) is 0 Å². The molecular weight excluding hydrogens is 573 g/mol. The van der Waals surface area contributed by atoms with Crippen LogP contribution in [0.3, 0.4) is 0 Å². The number of anilines is 2. The lowest BCUT2D eigenvalue weighted by Crippen LogP contribution is -2.35. The van der Waals surface area contributed by atoms with Gasteiger partial charge in [-0.05, 0) is 63.3 Å². The minimum Gasteiger partial charge on any atom is -0.406 e. The number of nitrogens with one attached hydrogen (secondary N) is 2. The van der Waals surface area contributed by atoms with Crippen LogP contribution in [0.5, 0.6) is 5.75 Å². The zero-order valence-corrected chi connectivity index (χ0v) is 23.9. The van der Waals surface area contributed by atoms with Gasteiger partial charge in [0.25, 0.3) is 0 Å². The van der Waals surface area contributed by atoms with E-state index in [9.17, 15) is 28.5 Å². The summed E-state index contributed by atoms with van der Waals surface area (Å²) in [4.78, 5) is 18.5. The second-order valence-electron chi connectivity index (χ2n) is 10.3. The number of aliphatic hydroxyl groups excluding tert-OH is 3. The van der Waals surface area contributed by atoms with Crippen LogP contribution in [-0.4, -0.2) is 66.5 Å². The van der Waals surface area contributed by atoms with Gasteiger partial charge in [0.2, 0.25) is 5.95 Å². The zero-order chi connectivity index (χ0) is 30.2. The molecule has 1 aromatic carbocycles. The molecule has 224 valence electrons. The van der Waals surface area contributed by atoms with Crippen molar-refractivity contribution in [1.29, 1.82) is 0 Å². The second-order valence-corrected chi connectivity index (χ2v) is 11.4. The number of benzene rings is 1. The van der Waals surface area contributed by atoms with Crippen molar-refractivity contribution in [2.45, 2.75) is 64.3 Å². The van der Waals surface area contributed by atoms with Crippen LogP contribution >= 0.6 is 11.3 Å². The summed E-state index contributed by atoms with van der Waals surface area (Å²) in [5, 5.41) is 37.9. The fraction of sp³-hybridized carbons (Fsp3) is 0.429. The Morgan fingerprint density at radius 1 is 1.05 bits per heavy atom. The van der Waals surface area contributed by atoms with Crippen LogP contribution in [0.4, 0.5) is 24.9 Å². The first-order valence-electron chi connectivity index (χ1n) is 13.4. The van der Waals surface area contributed by atoms with Crippen molar-refractivity contribution >= 4 is 33.3 Å². The van der Waals surface area contributed by atoms with Crippen molar-refractivity contribution in [3.05, 3.63) is 53.5 Å². The number of hydrogen-bond acceptors (Lipinski definition) is 11. The molecule has 0 spiro atoms. The normalized spacial score (nSPS) is 21.5. The topological polar surface area (TPSA) is 146 Å². The third kappa shape index (κ3) is 6.41. The van der Waals surface area contributed by atoms with Crippen molar-refractivity contribution < 1.29 is 33.2 Å². The van der Waals surface area contributed by atoms with Gasteiger partial charge < -0.3 is 30.7 Å². The number of aliphatic hydroxyl groups is 3. The minimum absolute atomic E-state index is 0.104. The molecule has 42 heavy (non-hydrogen) atoms. The summed E-state index contributed by atoms with van der Waals surface area (Å²) in [5.41, 5.74) is 3.45. The quantitative estimate of drug-likeness (QED) is 0.182. The van der Waals surface area contributed by atoms with Gasteiger partial charge in [-0.3, -0.25) is 4.98 Å². The van der Waals surface area contributed by atoms with Crippen LogP contribution in [0.1, 0.15) is 42.8 Å². The first-order chi connectivity index (χ1) is 19.9. The third-order valence-electron chi connectivity index (χ3n) is 7.38. The molecule has 0 amide bonds. The summed E-state index contributed by atoms with van der Waals surface area (Å²) in [6.07, 6.45) is -4.37. The van der Waals surface area contributed by atoms with Crippen LogP contribution in [0.25, 0.3) is 20.8 Å². The van der Waals surface area contributed by atoms with Crippen molar-refractivity contribution in [2.75, 3.05) is 17.2 Å². The highest BCUT2D eigenvalue weighted by Gasteiger charge is 2.41. The van der Waals surface area contributed by atoms with Gasteiger partial charge in [-0.25, -0.2) is 9.97 Å². The van der Waals surface area contributed by atoms with Gasteiger partial charge >= 0.3 is 6.36 Å². The predicted molar refractivity (Wildman–Crippen MR) is 152 cm³/mol. The second kappa shape index (κ2) is 12.0. The van der Waals surface area contributed by atoms with E-state index in [2.05, 4.69) is 25.3 Å². The van der Waals surface area contributed by atoms with Crippen molar-refractivity contribution in [3.8, 4) is 16.3 Å². The number of aromatic nitrogens is 4. The molecule has 5 rings (SSSR count). The van der Waals surface area contributed by atoms with Crippen LogP contribution in [-0.2, 0) is 0 Å². The number of pyridine rings is 1. The highest BCUT2D eigenvalue weighted by Crippen LogP contribution is 2.39. The standard InChI is InChI=1S/C28H31F3N6O4S/c1-13(16-4-6-18(7-5-16)41-28(29,30)31)33-27-34-14(2)21(26-36-22-15(3)32-10-8-20(22)42-26)25(37-27)35-19-12-17(9-11-38)23(39)24(19)40/h4-8,10,13,17,19,23-24,38-40H,9,11-12H2,1-3H3,(H2,33,34,35,37)/t13-,17+,19-,23-,24+/m1/s1. The first-order valence-corrected chi connectivity index (χ1v) is 14.2. The number of rotatable bonds is 9. The van der Waals surface area contributed by atoms with Crippen LogP contribution < -0.4 is 15.4 Å². The van der Waals surface area contributed by atoms with E-state index in [1.54, 1.807) is 6.20 Å². The van der Waals surface area contributed by atoms with E-state index < -0.39 is 24.6 Å². The Bertz CT molecular complexity index is 1550. The summed E-state index contributed by atoms with van der Waals surface area (Å²) in [5.74, 6) is 0.0453. The maximum absolute atomic E-state index is 12.5. The smallest absolute Gasteiger partial charge is 0.406 e. The Morgan fingerprint density at radius 2 is 1.79 bits per heavy atom. The van der Waals surface area contributed by atoms with Crippen LogP contribution in [0, 0.1) is 19.8 Å². The Balaban J connectivity index is 1.48. The molecule has 5 N–H and O–H groups in total. The Kier molecular flexibility index (Phi) is 8.51. The number of hydrogen-bond donors (Lipinski definition) is 5. The molecule has 3 heterocycles. The molecule has 10 nitrogen and oxygen atoms in total. The molecule has 1 saturated carbocycles. The fourth-order valence-corrected chi connectivity index (χ4v) is 6.33. The third-order valence-corrected chi connectivity index (χ3v) is 8.42. The molecule has 0 radical (unpaired) electrons. The summed E-state index contributed by atoms with van der Waals surface area (Å²) >= 11 is 1.45. The fourth-order valence-electron chi connectivity index (χ4n) is 5.22. The Hall–Kier alpha value is -3.59. The van der Waals surface area contributed by atoms with E-state index in [1.807, 2.05) is 26.8 Å². The summed E-state index contributed by atoms with van der Waals surface area (Å²) in [7, 11) is 0. The van der Waals surface area contributed by atoms with E-state index in [1.165, 1.54) is 35.6 Å². The number of thiazole rings is 1. The highest BCUT2D eigenvalue weighted by atomic mass is 32.1. The van der Waals surface area contributed by atoms with Crippen LogP contribution in [0.15, 0.2) is 36.5 Å². The molecule has 14 heteroatoms.